The molecule has 3 heteroatoms. The van der Waals surface area contributed by atoms with E-state index in [4.69, 9.17) is 5.26 Å². The van der Waals surface area contributed by atoms with Gasteiger partial charge in [-0.25, -0.2) is 0 Å². The highest BCUT2D eigenvalue weighted by Gasteiger charge is 2.15. The number of benzene rings is 1. The Morgan fingerprint density at radius 1 is 1.22 bits per heavy atom. The zero-order chi connectivity index (χ0) is 13.0. The van der Waals surface area contributed by atoms with Gasteiger partial charge in [0.2, 0.25) is 0 Å². The third-order valence-corrected chi connectivity index (χ3v) is 3.08. The molecule has 0 radical (unpaired) electrons. The van der Waals surface area contributed by atoms with E-state index in [9.17, 15) is 0 Å². The fraction of sp³-hybridized carbons (Fsp3) is 0.333. The van der Waals surface area contributed by atoms with Gasteiger partial charge in [-0.05, 0) is 17.0 Å². The van der Waals surface area contributed by atoms with E-state index in [1.54, 1.807) is 0 Å². The van der Waals surface area contributed by atoms with Crippen molar-refractivity contribution in [1.29, 1.82) is 5.26 Å². The third-order valence-electron chi connectivity index (χ3n) is 3.08. The molecule has 0 bridgehead atoms. The Morgan fingerprint density at radius 3 is 2.50 bits per heavy atom. The number of nitrogens with zero attached hydrogens (tertiary/aromatic N) is 3. The second-order valence-electron chi connectivity index (χ2n) is 4.70. The summed E-state index contributed by atoms with van der Waals surface area (Å²) in [4.78, 5) is 0. The minimum atomic E-state index is 0.00343. The third kappa shape index (κ3) is 2.60. The van der Waals surface area contributed by atoms with Gasteiger partial charge in [0, 0.05) is 6.20 Å². The molecule has 0 spiro atoms. The second kappa shape index (κ2) is 5.50. The summed E-state index contributed by atoms with van der Waals surface area (Å²) < 4.78 is 1.90. The molecule has 1 atom stereocenters. The van der Waals surface area contributed by atoms with Crippen LogP contribution >= 0.6 is 0 Å². The molecular weight excluding hydrogens is 222 g/mol. The summed E-state index contributed by atoms with van der Waals surface area (Å²) in [7, 11) is 0. The maximum atomic E-state index is 8.98. The summed E-state index contributed by atoms with van der Waals surface area (Å²) in [5.74, 6) is 0.456. The molecule has 1 heterocycles. The molecule has 0 amide bonds. The molecule has 0 aliphatic heterocycles. The van der Waals surface area contributed by atoms with Crippen molar-refractivity contribution < 1.29 is 0 Å². The first-order chi connectivity index (χ1) is 8.72. The number of aromatic nitrogens is 2. The van der Waals surface area contributed by atoms with Crippen LogP contribution in [0.25, 0.3) is 0 Å². The molecule has 0 aliphatic carbocycles. The number of nitriles is 1. The van der Waals surface area contributed by atoms with Crippen LogP contribution in [0.3, 0.4) is 0 Å². The lowest BCUT2D eigenvalue weighted by Crippen LogP contribution is -2.10. The van der Waals surface area contributed by atoms with Gasteiger partial charge in [0.05, 0.1) is 24.7 Å². The zero-order valence-corrected chi connectivity index (χ0v) is 10.7. The SMILES string of the molecule is CC(C)c1cnn([C@H](CC#N)c2ccccc2)c1. The monoisotopic (exact) mass is 239 g/mol. The van der Waals surface area contributed by atoms with Crippen LogP contribution in [0.15, 0.2) is 42.7 Å². The topological polar surface area (TPSA) is 41.6 Å². The zero-order valence-electron chi connectivity index (χ0n) is 10.7. The van der Waals surface area contributed by atoms with Gasteiger partial charge >= 0.3 is 0 Å². The van der Waals surface area contributed by atoms with Gasteiger partial charge in [-0.15, -0.1) is 0 Å². The van der Waals surface area contributed by atoms with E-state index in [1.807, 2.05) is 47.4 Å². The van der Waals surface area contributed by atoms with Crippen molar-refractivity contribution in [2.75, 3.05) is 0 Å². The van der Waals surface area contributed by atoms with Gasteiger partial charge in [-0.2, -0.15) is 10.4 Å². The van der Waals surface area contributed by atoms with Gasteiger partial charge in [0.15, 0.2) is 0 Å². The van der Waals surface area contributed by atoms with Crippen LogP contribution in [-0.4, -0.2) is 9.78 Å². The van der Waals surface area contributed by atoms with Crippen molar-refractivity contribution in [3.05, 3.63) is 53.9 Å². The first-order valence-corrected chi connectivity index (χ1v) is 6.18. The molecule has 2 rings (SSSR count). The van der Waals surface area contributed by atoms with Crippen molar-refractivity contribution >= 4 is 0 Å². The number of hydrogen-bond donors (Lipinski definition) is 0. The Balaban J connectivity index is 2.33. The van der Waals surface area contributed by atoms with Crippen LogP contribution in [0.1, 0.15) is 43.4 Å². The fourth-order valence-corrected chi connectivity index (χ4v) is 1.95. The van der Waals surface area contributed by atoms with Crippen molar-refractivity contribution in [3.63, 3.8) is 0 Å². The molecule has 0 unspecified atom stereocenters. The molecule has 92 valence electrons. The van der Waals surface area contributed by atoms with Crippen molar-refractivity contribution in [3.8, 4) is 6.07 Å². The molecule has 0 aliphatic rings. The average molecular weight is 239 g/mol. The fourth-order valence-electron chi connectivity index (χ4n) is 1.95. The molecule has 3 nitrogen and oxygen atoms in total. The summed E-state index contributed by atoms with van der Waals surface area (Å²) in [6, 6.07) is 12.3. The Hall–Kier alpha value is -2.08. The van der Waals surface area contributed by atoms with Crippen molar-refractivity contribution in [2.45, 2.75) is 32.2 Å². The molecule has 0 saturated heterocycles. The first kappa shape index (κ1) is 12.4. The molecule has 1 aromatic carbocycles. The molecular formula is C15H17N3. The standard InChI is InChI=1S/C15H17N3/c1-12(2)14-10-17-18(11-14)15(8-9-16)13-6-4-3-5-7-13/h3-7,10-12,15H,8H2,1-2H3/t15-/m1/s1. The van der Waals surface area contributed by atoms with Gasteiger partial charge in [0.1, 0.15) is 0 Å². The molecule has 0 saturated carbocycles. The second-order valence-corrected chi connectivity index (χ2v) is 4.70. The highest BCUT2D eigenvalue weighted by molar-refractivity contribution is 5.22. The van der Waals surface area contributed by atoms with Crippen LogP contribution in [0.4, 0.5) is 0 Å². The first-order valence-electron chi connectivity index (χ1n) is 6.18. The van der Waals surface area contributed by atoms with Gasteiger partial charge in [-0.1, -0.05) is 44.2 Å². The average Bonchev–Trinajstić information content (AvgIpc) is 2.86. The van der Waals surface area contributed by atoms with E-state index in [0.29, 0.717) is 12.3 Å². The lowest BCUT2D eigenvalue weighted by molar-refractivity contribution is 0.531. The van der Waals surface area contributed by atoms with Crippen molar-refractivity contribution in [1.82, 2.24) is 9.78 Å². The van der Waals surface area contributed by atoms with E-state index in [-0.39, 0.29) is 6.04 Å². The highest BCUT2D eigenvalue weighted by atomic mass is 15.3. The summed E-state index contributed by atoms with van der Waals surface area (Å²) in [5, 5.41) is 13.4. The lowest BCUT2D eigenvalue weighted by atomic mass is 10.0. The van der Waals surface area contributed by atoms with E-state index < -0.39 is 0 Å². The van der Waals surface area contributed by atoms with Gasteiger partial charge in [-0.3, -0.25) is 4.68 Å². The largest absolute Gasteiger partial charge is 0.264 e. The van der Waals surface area contributed by atoms with E-state index in [2.05, 4.69) is 25.0 Å². The predicted octanol–water partition coefficient (Wildman–Crippen LogP) is 3.51. The van der Waals surface area contributed by atoms with Crippen LogP contribution in [0, 0.1) is 11.3 Å². The lowest BCUT2D eigenvalue weighted by Gasteiger charge is -2.14. The molecule has 0 N–H and O–H groups in total. The van der Waals surface area contributed by atoms with Crippen LogP contribution < -0.4 is 0 Å². The number of rotatable bonds is 4. The van der Waals surface area contributed by atoms with Crippen LogP contribution in [-0.2, 0) is 0 Å². The maximum Gasteiger partial charge on any atom is 0.0898 e. The summed E-state index contributed by atoms with van der Waals surface area (Å²) in [6.07, 6.45) is 4.36. The Labute approximate surface area is 108 Å². The Morgan fingerprint density at radius 2 is 1.94 bits per heavy atom. The normalized spacial score (nSPS) is 12.3. The highest BCUT2D eigenvalue weighted by Crippen LogP contribution is 2.23. The predicted molar refractivity (Wildman–Crippen MR) is 71.1 cm³/mol. The maximum absolute atomic E-state index is 8.98. The smallest absolute Gasteiger partial charge is 0.0898 e. The van der Waals surface area contributed by atoms with Gasteiger partial charge in [0.25, 0.3) is 0 Å². The Bertz CT molecular complexity index is 534. The molecule has 18 heavy (non-hydrogen) atoms. The van der Waals surface area contributed by atoms with Crippen LogP contribution in [0.2, 0.25) is 0 Å². The molecule has 2 aromatic rings. The van der Waals surface area contributed by atoms with Crippen molar-refractivity contribution in [2.24, 2.45) is 0 Å². The minimum Gasteiger partial charge on any atom is -0.264 e. The summed E-state index contributed by atoms with van der Waals surface area (Å²) in [5.41, 5.74) is 2.33. The summed E-state index contributed by atoms with van der Waals surface area (Å²) in [6.45, 7) is 4.28. The number of hydrogen-bond acceptors (Lipinski definition) is 2. The van der Waals surface area contributed by atoms with Gasteiger partial charge < -0.3 is 0 Å². The van der Waals surface area contributed by atoms with E-state index in [1.165, 1.54) is 5.56 Å². The molecule has 0 fully saturated rings. The quantitative estimate of drug-likeness (QED) is 0.819. The Kier molecular flexibility index (Phi) is 3.78. The van der Waals surface area contributed by atoms with Crippen LogP contribution in [0.5, 0.6) is 0 Å². The minimum absolute atomic E-state index is 0.00343. The molecule has 1 aromatic heterocycles. The van der Waals surface area contributed by atoms with E-state index in [0.717, 1.165) is 5.56 Å². The summed E-state index contributed by atoms with van der Waals surface area (Å²) >= 11 is 0. The van der Waals surface area contributed by atoms with E-state index >= 15 is 0 Å².